The Morgan fingerprint density at radius 1 is 1.00 bits per heavy atom. The molecule has 2 rings (SSSR count). The number of benzene rings is 1. The van der Waals surface area contributed by atoms with Gasteiger partial charge in [0.05, 0.1) is 0 Å². The van der Waals surface area contributed by atoms with Crippen LogP contribution in [0.15, 0.2) is 42.6 Å². The largest absolute Gasteiger partial charge is 0.365 e. The van der Waals surface area contributed by atoms with Gasteiger partial charge < -0.3 is 4.98 Å². The van der Waals surface area contributed by atoms with Crippen LogP contribution in [0.2, 0.25) is 0 Å². The Labute approximate surface area is 84.1 Å². The second kappa shape index (κ2) is 3.97. The lowest BCUT2D eigenvalue weighted by Gasteiger charge is -1.89. The summed E-state index contributed by atoms with van der Waals surface area (Å²) in [5.41, 5.74) is 3.63. The quantitative estimate of drug-likeness (QED) is 0.733. The third-order valence-electron chi connectivity index (χ3n) is 2.12. The Hall–Kier alpha value is -1.76. The van der Waals surface area contributed by atoms with Crippen LogP contribution in [0.25, 0.3) is 12.2 Å². The fourth-order valence-electron chi connectivity index (χ4n) is 1.38. The van der Waals surface area contributed by atoms with E-state index in [9.17, 15) is 0 Å². The SMILES string of the molecule is Cc1cc(C=Cc2ccccc2)c[nH]1. The molecule has 1 heteroatoms. The highest BCUT2D eigenvalue weighted by molar-refractivity contribution is 5.69. The van der Waals surface area contributed by atoms with Crippen molar-refractivity contribution < 1.29 is 0 Å². The Bertz CT molecular complexity index is 424. The van der Waals surface area contributed by atoms with Crippen LogP contribution in [0.4, 0.5) is 0 Å². The van der Waals surface area contributed by atoms with E-state index in [1.807, 2.05) is 24.4 Å². The summed E-state index contributed by atoms with van der Waals surface area (Å²) in [7, 11) is 0. The van der Waals surface area contributed by atoms with Gasteiger partial charge in [0.25, 0.3) is 0 Å². The first kappa shape index (κ1) is 8.82. The molecule has 1 aromatic heterocycles. The molecule has 0 aliphatic heterocycles. The molecule has 2 aromatic rings. The molecular weight excluding hydrogens is 170 g/mol. The molecule has 0 saturated carbocycles. The fourth-order valence-corrected chi connectivity index (χ4v) is 1.38. The summed E-state index contributed by atoms with van der Waals surface area (Å²) < 4.78 is 0. The molecule has 0 aliphatic rings. The van der Waals surface area contributed by atoms with Crippen molar-refractivity contribution in [3.63, 3.8) is 0 Å². The third-order valence-corrected chi connectivity index (χ3v) is 2.12. The molecule has 0 spiro atoms. The maximum Gasteiger partial charge on any atom is 0.0121 e. The third kappa shape index (κ3) is 2.13. The van der Waals surface area contributed by atoms with Crippen LogP contribution in [0.1, 0.15) is 16.8 Å². The average molecular weight is 183 g/mol. The Morgan fingerprint density at radius 2 is 1.71 bits per heavy atom. The Kier molecular flexibility index (Phi) is 2.50. The summed E-state index contributed by atoms with van der Waals surface area (Å²) in [6.07, 6.45) is 6.23. The first-order valence-corrected chi connectivity index (χ1v) is 4.73. The van der Waals surface area contributed by atoms with Gasteiger partial charge in [0.1, 0.15) is 0 Å². The van der Waals surface area contributed by atoms with Gasteiger partial charge in [0.2, 0.25) is 0 Å². The first-order chi connectivity index (χ1) is 6.84. The van der Waals surface area contributed by atoms with Gasteiger partial charge in [-0.3, -0.25) is 0 Å². The van der Waals surface area contributed by atoms with Crippen LogP contribution in [-0.2, 0) is 0 Å². The van der Waals surface area contributed by atoms with Crippen molar-refractivity contribution in [2.24, 2.45) is 0 Å². The highest BCUT2D eigenvalue weighted by Gasteiger charge is 1.89. The summed E-state index contributed by atoms with van der Waals surface area (Å²) in [6, 6.07) is 12.4. The van der Waals surface area contributed by atoms with Crippen LogP contribution in [0, 0.1) is 6.92 Å². The van der Waals surface area contributed by atoms with Crippen LogP contribution in [-0.4, -0.2) is 4.98 Å². The van der Waals surface area contributed by atoms with Gasteiger partial charge in [-0.25, -0.2) is 0 Å². The molecule has 0 bridgehead atoms. The number of aromatic nitrogens is 1. The first-order valence-electron chi connectivity index (χ1n) is 4.73. The maximum atomic E-state index is 3.15. The van der Waals surface area contributed by atoms with Crippen molar-refractivity contribution in [2.75, 3.05) is 0 Å². The van der Waals surface area contributed by atoms with Crippen LogP contribution in [0.3, 0.4) is 0 Å². The number of nitrogens with one attached hydrogen (secondary N) is 1. The van der Waals surface area contributed by atoms with Crippen molar-refractivity contribution >= 4 is 12.2 Å². The predicted molar refractivity (Wildman–Crippen MR) is 60.9 cm³/mol. The molecule has 0 aliphatic carbocycles. The lowest BCUT2D eigenvalue weighted by Crippen LogP contribution is -1.68. The standard InChI is InChI=1S/C13H13N/c1-11-9-13(10-14-11)8-7-12-5-3-2-4-6-12/h2-10,14H,1H3. The maximum absolute atomic E-state index is 3.15. The fraction of sp³-hybridized carbons (Fsp3) is 0.0769. The molecule has 0 fully saturated rings. The lowest BCUT2D eigenvalue weighted by atomic mass is 10.2. The van der Waals surface area contributed by atoms with Crippen LogP contribution < -0.4 is 0 Å². The van der Waals surface area contributed by atoms with Crippen LogP contribution >= 0.6 is 0 Å². The molecule has 0 atom stereocenters. The number of hydrogen-bond donors (Lipinski definition) is 1. The van der Waals surface area contributed by atoms with E-state index in [0.29, 0.717) is 0 Å². The van der Waals surface area contributed by atoms with E-state index in [1.54, 1.807) is 0 Å². The Morgan fingerprint density at radius 3 is 2.36 bits per heavy atom. The number of H-pyrrole nitrogens is 1. The number of rotatable bonds is 2. The summed E-state index contributed by atoms with van der Waals surface area (Å²) in [5.74, 6) is 0. The van der Waals surface area contributed by atoms with Crippen molar-refractivity contribution in [3.05, 3.63) is 59.4 Å². The van der Waals surface area contributed by atoms with Gasteiger partial charge in [-0.05, 0) is 24.1 Å². The van der Waals surface area contributed by atoms with Crippen LogP contribution in [0.5, 0.6) is 0 Å². The summed E-state index contributed by atoms with van der Waals surface area (Å²) in [5, 5.41) is 0. The van der Waals surface area contributed by atoms with E-state index in [-0.39, 0.29) is 0 Å². The van der Waals surface area contributed by atoms with Gasteiger partial charge in [-0.15, -0.1) is 0 Å². The molecule has 0 unspecified atom stereocenters. The van der Waals surface area contributed by atoms with Crippen molar-refractivity contribution in [1.29, 1.82) is 0 Å². The van der Waals surface area contributed by atoms with Gasteiger partial charge in [-0.1, -0.05) is 42.5 Å². The normalized spacial score (nSPS) is 10.9. The topological polar surface area (TPSA) is 15.8 Å². The minimum absolute atomic E-state index is 1.19. The molecule has 1 aromatic carbocycles. The second-order valence-electron chi connectivity index (χ2n) is 3.36. The molecule has 70 valence electrons. The van der Waals surface area contributed by atoms with Gasteiger partial charge >= 0.3 is 0 Å². The summed E-state index contributed by atoms with van der Waals surface area (Å²) >= 11 is 0. The second-order valence-corrected chi connectivity index (χ2v) is 3.36. The molecule has 0 saturated heterocycles. The minimum Gasteiger partial charge on any atom is -0.365 e. The predicted octanol–water partition coefficient (Wildman–Crippen LogP) is 3.49. The van der Waals surface area contributed by atoms with Crippen molar-refractivity contribution in [1.82, 2.24) is 4.98 Å². The van der Waals surface area contributed by atoms with E-state index in [4.69, 9.17) is 0 Å². The monoisotopic (exact) mass is 183 g/mol. The zero-order chi connectivity index (χ0) is 9.80. The van der Waals surface area contributed by atoms with E-state index in [1.165, 1.54) is 16.8 Å². The highest BCUT2D eigenvalue weighted by Crippen LogP contribution is 2.08. The van der Waals surface area contributed by atoms with E-state index in [2.05, 4.69) is 42.3 Å². The number of aryl methyl sites for hydroxylation is 1. The van der Waals surface area contributed by atoms with Gasteiger partial charge in [-0.2, -0.15) is 0 Å². The lowest BCUT2D eigenvalue weighted by molar-refractivity contribution is 1.27. The van der Waals surface area contributed by atoms with Gasteiger partial charge in [0.15, 0.2) is 0 Å². The minimum atomic E-state index is 1.19. The van der Waals surface area contributed by atoms with Gasteiger partial charge in [0, 0.05) is 11.9 Å². The number of aromatic amines is 1. The zero-order valence-corrected chi connectivity index (χ0v) is 8.20. The summed E-state index contributed by atoms with van der Waals surface area (Å²) in [6.45, 7) is 2.06. The molecule has 1 nitrogen and oxygen atoms in total. The highest BCUT2D eigenvalue weighted by atomic mass is 14.7. The smallest absolute Gasteiger partial charge is 0.0121 e. The molecule has 0 radical (unpaired) electrons. The van der Waals surface area contributed by atoms with E-state index in [0.717, 1.165) is 0 Å². The number of hydrogen-bond acceptors (Lipinski definition) is 0. The molecule has 1 heterocycles. The average Bonchev–Trinajstić information content (AvgIpc) is 2.63. The molecule has 0 amide bonds. The van der Waals surface area contributed by atoms with Crippen molar-refractivity contribution in [3.8, 4) is 0 Å². The Balaban J connectivity index is 2.15. The van der Waals surface area contributed by atoms with E-state index < -0.39 is 0 Å². The molecule has 14 heavy (non-hydrogen) atoms. The molecule has 1 N–H and O–H groups in total. The van der Waals surface area contributed by atoms with Crippen molar-refractivity contribution in [2.45, 2.75) is 6.92 Å². The summed E-state index contributed by atoms with van der Waals surface area (Å²) in [4.78, 5) is 3.15. The van der Waals surface area contributed by atoms with E-state index >= 15 is 0 Å². The molecular formula is C13H13N. The zero-order valence-electron chi connectivity index (χ0n) is 8.20.